The van der Waals surface area contributed by atoms with Crippen molar-refractivity contribution in [1.29, 1.82) is 0 Å². The van der Waals surface area contributed by atoms with E-state index in [-0.39, 0.29) is 5.78 Å². The number of carbonyl (C=O) groups excluding carboxylic acids is 1. The third-order valence-electron chi connectivity index (χ3n) is 2.11. The highest BCUT2D eigenvalue weighted by Crippen LogP contribution is 2.21. The maximum absolute atomic E-state index is 11.9. The molecular formula is C13H15BrOS. The van der Waals surface area contributed by atoms with Gasteiger partial charge in [-0.15, -0.1) is 11.8 Å². The zero-order chi connectivity index (χ0) is 12.0. The van der Waals surface area contributed by atoms with Crippen molar-refractivity contribution in [3.63, 3.8) is 0 Å². The molecule has 1 rings (SSSR count). The Bertz CT molecular complexity index is 387. The fourth-order valence-corrected chi connectivity index (χ4v) is 2.52. The second kappa shape index (κ2) is 6.92. The van der Waals surface area contributed by atoms with Crippen LogP contribution in [0.1, 0.15) is 30.1 Å². The molecule has 0 spiro atoms. The Morgan fingerprint density at radius 2 is 2.25 bits per heavy atom. The Balaban J connectivity index is 2.60. The molecule has 86 valence electrons. The molecule has 0 aromatic heterocycles. The molecule has 0 aliphatic rings. The highest BCUT2D eigenvalue weighted by molar-refractivity contribution is 9.10. The second-order valence-electron chi connectivity index (χ2n) is 3.46. The van der Waals surface area contributed by atoms with Crippen LogP contribution in [0.25, 0.3) is 0 Å². The maximum atomic E-state index is 11.9. The van der Waals surface area contributed by atoms with Crippen molar-refractivity contribution < 1.29 is 4.79 Å². The third-order valence-corrected chi connectivity index (χ3v) is 3.63. The van der Waals surface area contributed by atoms with Crippen LogP contribution in [0.15, 0.2) is 40.2 Å². The van der Waals surface area contributed by atoms with Gasteiger partial charge in [0.2, 0.25) is 0 Å². The summed E-state index contributed by atoms with van der Waals surface area (Å²) in [5.74, 6) is 0.997. The first kappa shape index (κ1) is 13.5. The maximum Gasteiger partial charge on any atom is 0.198 e. The molecule has 0 aliphatic carbocycles. The van der Waals surface area contributed by atoms with Gasteiger partial charge in [0.1, 0.15) is 0 Å². The number of benzene rings is 1. The van der Waals surface area contributed by atoms with E-state index in [1.165, 1.54) is 0 Å². The number of hydrogen-bond acceptors (Lipinski definition) is 2. The van der Waals surface area contributed by atoms with Gasteiger partial charge in [-0.3, -0.25) is 4.79 Å². The van der Waals surface area contributed by atoms with Crippen molar-refractivity contribution in [3.05, 3.63) is 45.8 Å². The Kier molecular flexibility index (Phi) is 5.85. The first-order valence-corrected chi connectivity index (χ1v) is 7.05. The van der Waals surface area contributed by atoms with E-state index in [2.05, 4.69) is 29.4 Å². The van der Waals surface area contributed by atoms with Crippen molar-refractivity contribution in [2.75, 3.05) is 5.75 Å². The number of hydrogen-bond donors (Lipinski definition) is 0. The average molecular weight is 299 g/mol. The highest BCUT2D eigenvalue weighted by atomic mass is 79.9. The molecule has 0 aliphatic heterocycles. The summed E-state index contributed by atoms with van der Waals surface area (Å²) < 4.78 is 0.921. The van der Waals surface area contributed by atoms with Crippen LogP contribution in [0, 0.1) is 0 Å². The zero-order valence-corrected chi connectivity index (χ0v) is 11.7. The van der Waals surface area contributed by atoms with Crippen LogP contribution >= 0.6 is 27.7 Å². The van der Waals surface area contributed by atoms with Crippen LogP contribution in [-0.4, -0.2) is 11.5 Å². The van der Waals surface area contributed by atoms with E-state index < -0.39 is 0 Å². The normalized spacial score (nSPS) is 10.1. The van der Waals surface area contributed by atoms with E-state index in [1.807, 2.05) is 24.3 Å². The molecule has 1 aromatic carbocycles. The van der Waals surface area contributed by atoms with E-state index in [9.17, 15) is 4.79 Å². The predicted octanol–water partition coefficient (Wildman–Crippen LogP) is 4.68. The van der Waals surface area contributed by atoms with Crippen LogP contribution in [-0.2, 0) is 0 Å². The Hall–Kier alpha value is -0.540. The molecule has 0 radical (unpaired) electrons. The minimum Gasteiger partial charge on any atom is -0.288 e. The smallest absolute Gasteiger partial charge is 0.198 e. The number of Topliss-reactive ketones (excluding diaryl/α,β-unsaturated/α-hetero) is 1. The molecule has 1 aromatic rings. The van der Waals surface area contributed by atoms with Crippen molar-refractivity contribution in [3.8, 4) is 0 Å². The van der Waals surface area contributed by atoms with E-state index in [0.29, 0.717) is 10.5 Å². The number of rotatable bonds is 6. The monoisotopic (exact) mass is 298 g/mol. The molecule has 0 amide bonds. The lowest BCUT2D eigenvalue weighted by Crippen LogP contribution is -2.00. The summed E-state index contributed by atoms with van der Waals surface area (Å²) >= 11 is 4.91. The van der Waals surface area contributed by atoms with E-state index in [1.54, 1.807) is 11.8 Å². The summed E-state index contributed by atoms with van der Waals surface area (Å²) in [5.41, 5.74) is 0.698. The molecule has 0 fully saturated rings. The fourth-order valence-electron chi connectivity index (χ4n) is 1.20. The average Bonchev–Trinajstić information content (AvgIpc) is 2.28. The molecule has 0 saturated carbocycles. The Labute approximate surface area is 109 Å². The van der Waals surface area contributed by atoms with Gasteiger partial charge in [-0.2, -0.15) is 0 Å². The SMILES string of the molecule is C=C(SCCCC)C(=O)c1cccc(Br)c1. The van der Waals surface area contributed by atoms with Crippen molar-refractivity contribution in [1.82, 2.24) is 0 Å². The van der Waals surface area contributed by atoms with E-state index in [0.717, 1.165) is 23.1 Å². The summed E-state index contributed by atoms with van der Waals surface area (Å²) in [4.78, 5) is 12.6. The third kappa shape index (κ3) is 4.14. The quantitative estimate of drug-likeness (QED) is 0.431. The van der Waals surface area contributed by atoms with Crippen molar-refractivity contribution in [2.24, 2.45) is 0 Å². The lowest BCUT2D eigenvalue weighted by atomic mass is 10.1. The minimum absolute atomic E-state index is 0.0300. The number of carbonyl (C=O) groups is 1. The minimum atomic E-state index is 0.0300. The zero-order valence-electron chi connectivity index (χ0n) is 9.33. The first-order valence-electron chi connectivity index (χ1n) is 5.27. The van der Waals surface area contributed by atoms with Gasteiger partial charge < -0.3 is 0 Å². The summed E-state index contributed by atoms with van der Waals surface area (Å²) in [5, 5.41) is 0. The van der Waals surface area contributed by atoms with Crippen LogP contribution in [0.4, 0.5) is 0 Å². The van der Waals surface area contributed by atoms with Gasteiger partial charge >= 0.3 is 0 Å². The molecule has 0 unspecified atom stereocenters. The first-order chi connectivity index (χ1) is 7.65. The van der Waals surface area contributed by atoms with Gasteiger partial charge in [0, 0.05) is 14.9 Å². The van der Waals surface area contributed by atoms with Crippen LogP contribution in [0.5, 0.6) is 0 Å². The lowest BCUT2D eigenvalue weighted by molar-refractivity contribution is 0.104. The van der Waals surface area contributed by atoms with E-state index in [4.69, 9.17) is 0 Å². The largest absolute Gasteiger partial charge is 0.288 e. The Morgan fingerprint density at radius 1 is 1.50 bits per heavy atom. The molecule has 1 nitrogen and oxygen atoms in total. The number of halogens is 1. The number of allylic oxidation sites excluding steroid dienone is 1. The van der Waals surface area contributed by atoms with Gasteiger partial charge in [0.05, 0.1) is 0 Å². The standard InChI is InChI=1S/C13H15BrOS/c1-3-4-8-16-10(2)13(15)11-6-5-7-12(14)9-11/h5-7,9H,2-4,8H2,1H3. The highest BCUT2D eigenvalue weighted by Gasteiger charge is 2.10. The van der Waals surface area contributed by atoms with Crippen LogP contribution in [0.2, 0.25) is 0 Å². The topological polar surface area (TPSA) is 17.1 Å². The van der Waals surface area contributed by atoms with Gasteiger partial charge in [-0.1, -0.05) is 48.0 Å². The molecule has 3 heteroatoms. The van der Waals surface area contributed by atoms with Crippen molar-refractivity contribution in [2.45, 2.75) is 19.8 Å². The summed E-state index contributed by atoms with van der Waals surface area (Å²) in [6.45, 7) is 5.97. The fraction of sp³-hybridized carbons (Fsp3) is 0.308. The number of unbranched alkanes of at least 4 members (excludes halogenated alkanes) is 1. The summed E-state index contributed by atoms with van der Waals surface area (Å²) in [6.07, 6.45) is 2.26. The molecular weight excluding hydrogens is 284 g/mol. The number of ketones is 1. The van der Waals surface area contributed by atoms with E-state index >= 15 is 0 Å². The summed E-state index contributed by atoms with van der Waals surface area (Å²) in [7, 11) is 0. The second-order valence-corrected chi connectivity index (χ2v) is 5.57. The van der Waals surface area contributed by atoms with Gasteiger partial charge in [0.25, 0.3) is 0 Å². The van der Waals surface area contributed by atoms with Gasteiger partial charge in [-0.25, -0.2) is 0 Å². The van der Waals surface area contributed by atoms with Crippen LogP contribution in [0.3, 0.4) is 0 Å². The molecule has 16 heavy (non-hydrogen) atoms. The molecule has 0 atom stereocenters. The van der Waals surface area contributed by atoms with Crippen LogP contribution < -0.4 is 0 Å². The van der Waals surface area contributed by atoms with Gasteiger partial charge in [0.15, 0.2) is 5.78 Å². The molecule has 0 heterocycles. The predicted molar refractivity (Wildman–Crippen MR) is 75.0 cm³/mol. The summed E-state index contributed by atoms with van der Waals surface area (Å²) in [6, 6.07) is 7.41. The molecule has 0 saturated heterocycles. The van der Waals surface area contributed by atoms with Gasteiger partial charge in [-0.05, 0) is 24.3 Å². The number of thioether (sulfide) groups is 1. The lowest BCUT2D eigenvalue weighted by Gasteiger charge is -2.04. The molecule has 0 bridgehead atoms. The Morgan fingerprint density at radius 3 is 2.88 bits per heavy atom. The van der Waals surface area contributed by atoms with Crippen molar-refractivity contribution >= 4 is 33.5 Å². The molecule has 0 N–H and O–H groups in total.